The second kappa shape index (κ2) is 6.80. The summed E-state index contributed by atoms with van der Waals surface area (Å²) in [7, 11) is -3.65. The lowest BCUT2D eigenvalue weighted by atomic mass is 10.3. The maximum Gasteiger partial charge on any atom is 0.434 e. The fourth-order valence-corrected chi connectivity index (χ4v) is 2.15. The number of rotatable bonds is 8. The molecule has 0 amide bonds. The second-order valence-electron chi connectivity index (χ2n) is 4.63. The Bertz CT molecular complexity index is 783. The fourth-order valence-electron chi connectivity index (χ4n) is 1.75. The van der Waals surface area contributed by atoms with Crippen molar-refractivity contribution >= 4 is 16.1 Å². The van der Waals surface area contributed by atoms with E-state index in [0.29, 0.717) is 5.69 Å². The van der Waals surface area contributed by atoms with Gasteiger partial charge in [0.15, 0.2) is 0 Å². The summed E-state index contributed by atoms with van der Waals surface area (Å²) in [6.07, 6.45) is 5.05. The van der Waals surface area contributed by atoms with E-state index in [4.69, 9.17) is 0 Å². The molecule has 0 radical (unpaired) electrons. The molecule has 0 saturated heterocycles. The molecule has 0 fully saturated rings. The highest BCUT2D eigenvalue weighted by Gasteiger charge is 2.18. The highest BCUT2D eigenvalue weighted by Crippen LogP contribution is 2.12. The summed E-state index contributed by atoms with van der Waals surface area (Å²) in [5, 5.41) is 27.7. The van der Waals surface area contributed by atoms with Crippen LogP contribution in [0.25, 0.3) is 0 Å². The van der Waals surface area contributed by atoms with Gasteiger partial charge >= 0.3 is 5.95 Å². The molecule has 23 heavy (non-hydrogen) atoms. The molecule has 1 N–H and O–H groups in total. The minimum Gasteiger partial charge on any atom is -0.394 e. The van der Waals surface area contributed by atoms with Crippen LogP contribution in [0.4, 0.5) is 5.95 Å². The molecule has 12 nitrogen and oxygen atoms in total. The van der Waals surface area contributed by atoms with Crippen LogP contribution < -0.4 is 0 Å². The third-order valence-electron chi connectivity index (χ3n) is 2.81. The van der Waals surface area contributed by atoms with Crippen LogP contribution in [0.3, 0.4) is 0 Å². The molecule has 0 aliphatic rings. The Balaban J connectivity index is 2.10. The average molecular weight is 346 g/mol. The third-order valence-corrected chi connectivity index (χ3v) is 3.37. The van der Waals surface area contributed by atoms with Crippen molar-refractivity contribution in [3.05, 3.63) is 34.4 Å². The molecule has 0 bridgehead atoms. The first-order chi connectivity index (χ1) is 10.8. The van der Waals surface area contributed by atoms with Gasteiger partial charge in [-0.3, -0.25) is 4.18 Å². The van der Waals surface area contributed by atoms with E-state index in [9.17, 15) is 23.6 Å². The maximum absolute atomic E-state index is 11.0. The summed E-state index contributed by atoms with van der Waals surface area (Å²) in [4.78, 5) is 13.8. The van der Waals surface area contributed by atoms with E-state index in [1.165, 1.54) is 27.8 Å². The lowest BCUT2D eigenvalue weighted by molar-refractivity contribution is -0.396. The van der Waals surface area contributed by atoms with Crippen molar-refractivity contribution in [3.63, 3.8) is 0 Å². The van der Waals surface area contributed by atoms with Gasteiger partial charge in [-0.05, 0) is 4.92 Å². The topological polar surface area (TPSA) is 155 Å². The van der Waals surface area contributed by atoms with Crippen molar-refractivity contribution in [1.82, 2.24) is 24.5 Å². The Morgan fingerprint density at radius 3 is 2.87 bits per heavy atom. The van der Waals surface area contributed by atoms with Gasteiger partial charge in [-0.2, -0.15) is 8.42 Å². The lowest BCUT2D eigenvalue weighted by Gasteiger charge is -2.12. The van der Waals surface area contributed by atoms with Crippen molar-refractivity contribution in [1.29, 1.82) is 0 Å². The van der Waals surface area contributed by atoms with Crippen LogP contribution in [-0.4, -0.2) is 62.5 Å². The largest absolute Gasteiger partial charge is 0.434 e. The van der Waals surface area contributed by atoms with Crippen LogP contribution in [0.5, 0.6) is 0 Å². The molecular weight excluding hydrogens is 332 g/mol. The highest BCUT2D eigenvalue weighted by atomic mass is 32.2. The molecule has 13 heteroatoms. The van der Waals surface area contributed by atoms with E-state index in [0.717, 1.165) is 6.26 Å². The molecule has 126 valence electrons. The Kier molecular flexibility index (Phi) is 5.02. The summed E-state index contributed by atoms with van der Waals surface area (Å²) < 4.78 is 29.1. The Labute approximate surface area is 130 Å². The van der Waals surface area contributed by atoms with Crippen molar-refractivity contribution < 1.29 is 22.6 Å². The van der Waals surface area contributed by atoms with Gasteiger partial charge in [0.05, 0.1) is 25.7 Å². The number of hydrogen-bond donors (Lipinski definition) is 1. The highest BCUT2D eigenvalue weighted by molar-refractivity contribution is 7.85. The molecule has 2 rings (SSSR count). The number of imidazole rings is 1. The van der Waals surface area contributed by atoms with E-state index in [-0.39, 0.29) is 19.1 Å². The van der Waals surface area contributed by atoms with Gasteiger partial charge in [0.2, 0.25) is 0 Å². The Hall–Kier alpha value is -2.38. The van der Waals surface area contributed by atoms with Crippen LogP contribution in [0.15, 0.2) is 18.6 Å². The summed E-state index contributed by atoms with van der Waals surface area (Å²) in [5.74, 6) is -0.335. The molecular formula is C10H14N6O6S. The van der Waals surface area contributed by atoms with Gasteiger partial charge in [0.25, 0.3) is 10.1 Å². The van der Waals surface area contributed by atoms with Crippen LogP contribution in [0, 0.1) is 10.1 Å². The zero-order valence-corrected chi connectivity index (χ0v) is 12.8. The molecule has 2 aromatic rings. The van der Waals surface area contributed by atoms with Crippen molar-refractivity contribution in [3.8, 4) is 0 Å². The zero-order chi connectivity index (χ0) is 17.0. The van der Waals surface area contributed by atoms with E-state index in [1.54, 1.807) is 0 Å². The second-order valence-corrected chi connectivity index (χ2v) is 6.27. The van der Waals surface area contributed by atoms with Crippen LogP contribution >= 0.6 is 0 Å². The number of nitro groups is 1. The SMILES string of the molecule is CS(=O)(=O)OCC(CO)n1cc(Cn2ccnc2[N+](=O)[O-])nn1. The van der Waals surface area contributed by atoms with Crippen LogP contribution in [-0.2, 0) is 20.8 Å². The number of hydrogen-bond acceptors (Lipinski definition) is 9. The Morgan fingerprint density at radius 1 is 1.52 bits per heavy atom. The summed E-state index contributed by atoms with van der Waals surface area (Å²) >= 11 is 0. The fraction of sp³-hybridized carbons (Fsp3) is 0.500. The zero-order valence-electron chi connectivity index (χ0n) is 12.0. The maximum atomic E-state index is 11.0. The van der Waals surface area contributed by atoms with Crippen LogP contribution in [0.2, 0.25) is 0 Å². The molecule has 2 heterocycles. The molecule has 0 aliphatic heterocycles. The molecule has 1 unspecified atom stereocenters. The first-order valence-electron chi connectivity index (χ1n) is 6.31. The van der Waals surface area contributed by atoms with E-state index < -0.39 is 27.7 Å². The summed E-state index contributed by atoms with van der Waals surface area (Å²) in [6, 6.07) is -0.747. The predicted molar refractivity (Wildman–Crippen MR) is 74.9 cm³/mol. The van der Waals surface area contributed by atoms with Gasteiger partial charge in [0, 0.05) is 0 Å². The Morgan fingerprint density at radius 2 is 2.26 bits per heavy atom. The minimum absolute atomic E-state index is 0.0569. The molecule has 0 aliphatic carbocycles. The first kappa shape index (κ1) is 17.0. The standard InChI is InChI=1S/C10H14N6O6S/c1-23(20,21)22-7-9(6-17)15-5-8(12-13-15)4-14-3-2-11-10(14)16(18)19/h2-3,5,9,17H,4,6-7H2,1H3. The summed E-state index contributed by atoms with van der Waals surface area (Å²) in [5.41, 5.74) is 0.379. The van der Waals surface area contributed by atoms with E-state index in [1.807, 2.05) is 0 Å². The normalized spacial score (nSPS) is 13.1. The van der Waals surface area contributed by atoms with Gasteiger partial charge in [-0.25, -0.2) is 9.25 Å². The van der Waals surface area contributed by atoms with E-state index >= 15 is 0 Å². The molecule has 2 aromatic heterocycles. The smallest absolute Gasteiger partial charge is 0.394 e. The summed E-state index contributed by atoms with van der Waals surface area (Å²) in [6.45, 7) is -0.658. The van der Waals surface area contributed by atoms with Crippen LogP contribution in [0.1, 0.15) is 11.7 Å². The van der Waals surface area contributed by atoms with Gasteiger partial charge in [-0.15, -0.1) is 5.10 Å². The number of aliphatic hydroxyl groups is 1. The predicted octanol–water partition coefficient (Wildman–Crippen LogP) is -1.06. The third kappa shape index (κ3) is 4.54. The number of aromatic nitrogens is 5. The molecule has 0 spiro atoms. The van der Waals surface area contributed by atoms with Crippen molar-refractivity contribution in [2.75, 3.05) is 19.5 Å². The van der Waals surface area contributed by atoms with Crippen molar-refractivity contribution in [2.45, 2.75) is 12.6 Å². The lowest BCUT2D eigenvalue weighted by Crippen LogP contribution is -2.21. The quantitative estimate of drug-likeness (QED) is 0.357. The monoisotopic (exact) mass is 346 g/mol. The van der Waals surface area contributed by atoms with Crippen molar-refractivity contribution in [2.24, 2.45) is 0 Å². The number of nitrogens with zero attached hydrogens (tertiary/aromatic N) is 6. The minimum atomic E-state index is -3.65. The number of aliphatic hydroxyl groups excluding tert-OH is 1. The molecule has 0 aromatic carbocycles. The average Bonchev–Trinajstić information content (AvgIpc) is 3.08. The van der Waals surface area contributed by atoms with Gasteiger partial charge in [-0.1, -0.05) is 10.2 Å². The first-order valence-corrected chi connectivity index (χ1v) is 8.13. The van der Waals surface area contributed by atoms with Gasteiger partial charge < -0.3 is 15.2 Å². The van der Waals surface area contributed by atoms with E-state index in [2.05, 4.69) is 19.5 Å². The molecule has 0 saturated carbocycles. The molecule has 1 atom stereocenters. The van der Waals surface area contributed by atoms with Gasteiger partial charge in [0.1, 0.15) is 30.7 Å².